The van der Waals surface area contributed by atoms with E-state index >= 15 is 0 Å². The fraction of sp³-hybridized carbons (Fsp3) is 0.333. The number of hydrogen-bond donors (Lipinski definition) is 2. The molecule has 1 aliphatic rings. The van der Waals surface area contributed by atoms with Crippen molar-refractivity contribution in [3.8, 4) is 0 Å². The van der Waals surface area contributed by atoms with Gasteiger partial charge in [-0.3, -0.25) is 4.98 Å². The molecule has 0 spiro atoms. The van der Waals surface area contributed by atoms with Crippen LogP contribution in [0.2, 0.25) is 0 Å². The summed E-state index contributed by atoms with van der Waals surface area (Å²) >= 11 is 0. The Hall–Kier alpha value is -1.98. The summed E-state index contributed by atoms with van der Waals surface area (Å²) < 4.78 is 0. The van der Waals surface area contributed by atoms with E-state index in [2.05, 4.69) is 4.98 Å². The summed E-state index contributed by atoms with van der Waals surface area (Å²) in [5.74, 6) is -0.358. The lowest BCUT2D eigenvalue weighted by molar-refractivity contribution is 0.0696. The predicted molar refractivity (Wildman–Crippen MR) is 50.8 cm³/mol. The molecule has 2 rings (SSSR count). The van der Waals surface area contributed by atoms with Gasteiger partial charge in [0.25, 0.3) is 0 Å². The van der Waals surface area contributed by atoms with Crippen LogP contribution in [0.25, 0.3) is 0 Å². The number of hydrogen-bond acceptors (Lipinski definition) is 4. The number of carbonyl (C=O) groups is 1. The van der Waals surface area contributed by atoms with Crippen LogP contribution in [-0.4, -0.2) is 21.3 Å². The zero-order valence-corrected chi connectivity index (χ0v) is 7.83. The van der Waals surface area contributed by atoms with Crippen molar-refractivity contribution in [1.82, 2.24) is 4.98 Å². The van der Waals surface area contributed by atoms with Crippen LogP contribution in [0.3, 0.4) is 0 Å². The minimum absolute atomic E-state index is 0.340. The van der Waals surface area contributed by atoms with Gasteiger partial charge in [-0.15, -0.1) is 4.91 Å². The van der Waals surface area contributed by atoms with Gasteiger partial charge < -0.3 is 10.3 Å². The largest absolute Gasteiger partial charge is 0.478 e. The van der Waals surface area contributed by atoms with E-state index in [1.807, 2.05) is 0 Å². The molecule has 1 aromatic heterocycles. The van der Waals surface area contributed by atoms with Crippen LogP contribution in [0.5, 0.6) is 0 Å². The molecule has 80 valence electrons. The fourth-order valence-electron chi connectivity index (χ4n) is 1.18. The van der Waals surface area contributed by atoms with E-state index in [-0.39, 0.29) is 0 Å². The highest BCUT2D eigenvalue weighted by Gasteiger charge is 2.25. The Morgan fingerprint density at radius 1 is 1.53 bits per heavy atom. The Balaban J connectivity index is 0.000000337. The zero-order valence-electron chi connectivity index (χ0n) is 7.83. The molecule has 0 saturated heterocycles. The van der Waals surface area contributed by atoms with Crippen LogP contribution in [-0.2, 0) is 0 Å². The van der Waals surface area contributed by atoms with Gasteiger partial charge in [-0.1, -0.05) is 0 Å². The van der Waals surface area contributed by atoms with Crippen molar-refractivity contribution >= 4 is 5.97 Å². The van der Waals surface area contributed by atoms with Crippen LogP contribution in [0.15, 0.2) is 23.7 Å². The molecule has 0 aromatic carbocycles. The minimum atomic E-state index is -0.876. The highest BCUT2D eigenvalue weighted by Crippen LogP contribution is 2.38. The lowest BCUT2D eigenvalue weighted by Crippen LogP contribution is -1.98. The summed E-state index contributed by atoms with van der Waals surface area (Å²) in [5, 5.41) is 16.6. The van der Waals surface area contributed by atoms with Gasteiger partial charge in [-0.25, -0.2) is 4.79 Å². The van der Waals surface area contributed by atoms with Crippen molar-refractivity contribution < 1.29 is 15.1 Å². The van der Waals surface area contributed by atoms with Gasteiger partial charge in [0.15, 0.2) is 5.34 Å². The Labute approximate surface area is 85.5 Å². The van der Waals surface area contributed by atoms with Gasteiger partial charge in [-0.2, -0.15) is 0 Å². The molecule has 6 heteroatoms. The maximum Gasteiger partial charge on any atom is 0.335 e. The number of carboxylic acids is 1. The van der Waals surface area contributed by atoms with E-state index in [1.54, 1.807) is 12.3 Å². The van der Waals surface area contributed by atoms with E-state index in [9.17, 15) is 4.79 Å². The van der Waals surface area contributed by atoms with Gasteiger partial charge in [0.05, 0.1) is 5.56 Å². The van der Waals surface area contributed by atoms with Gasteiger partial charge in [-0.05, 0) is 25.0 Å². The molecular formula is C9H10N2O4. The van der Waals surface area contributed by atoms with Crippen LogP contribution >= 0.6 is 0 Å². The van der Waals surface area contributed by atoms with Gasteiger partial charge in [0.1, 0.15) is 0 Å². The summed E-state index contributed by atoms with van der Waals surface area (Å²) in [6, 6.07) is 3.19. The molecule has 2 N–H and O–H groups in total. The van der Waals surface area contributed by atoms with Crippen molar-refractivity contribution in [3.05, 3.63) is 34.5 Å². The number of carboxylic acid groups (broad SMARTS) is 1. The van der Waals surface area contributed by atoms with Crippen LogP contribution < -0.4 is 0 Å². The van der Waals surface area contributed by atoms with E-state index < -0.39 is 5.97 Å². The molecule has 1 aromatic rings. The Morgan fingerprint density at radius 3 is 2.60 bits per heavy atom. The third kappa shape index (κ3) is 3.34. The number of pyridine rings is 1. The van der Waals surface area contributed by atoms with Crippen LogP contribution in [0.1, 0.15) is 34.8 Å². The van der Waals surface area contributed by atoms with E-state index in [4.69, 9.17) is 15.2 Å². The summed E-state index contributed by atoms with van der Waals surface area (Å²) in [7, 11) is 0. The molecular weight excluding hydrogens is 200 g/mol. The molecule has 0 atom stereocenters. The fourth-order valence-corrected chi connectivity index (χ4v) is 1.18. The Kier molecular flexibility index (Phi) is 3.73. The van der Waals surface area contributed by atoms with Gasteiger partial charge >= 0.3 is 5.97 Å². The average molecular weight is 210 g/mol. The second-order valence-electron chi connectivity index (χ2n) is 3.13. The molecule has 1 heterocycles. The molecule has 0 unspecified atom stereocenters. The molecule has 0 amide bonds. The Morgan fingerprint density at radius 2 is 2.13 bits per heavy atom. The molecule has 1 aliphatic carbocycles. The molecule has 0 bridgehead atoms. The summed E-state index contributed by atoms with van der Waals surface area (Å²) in [5.41, 5.74) is 1.27. The highest BCUT2D eigenvalue weighted by atomic mass is 16.6. The smallest absolute Gasteiger partial charge is 0.335 e. The third-order valence-electron chi connectivity index (χ3n) is 2.02. The normalized spacial score (nSPS) is 13.6. The lowest BCUT2D eigenvalue weighted by atomic mass is 10.2. The molecule has 0 radical (unpaired) electrons. The van der Waals surface area contributed by atoms with Crippen LogP contribution in [0.4, 0.5) is 0 Å². The first kappa shape index (κ1) is 11.1. The second kappa shape index (κ2) is 5.04. The van der Waals surface area contributed by atoms with Gasteiger partial charge in [0, 0.05) is 17.8 Å². The van der Waals surface area contributed by atoms with Crippen LogP contribution in [0, 0.1) is 4.91 Å². The third-order valence-corrected chi connectivity index (χ3v) is 2.02. The van der Waals surface area contributed by atoms with E-state index in [0.29, 0.717) is 11.5 Å². The predicted octanol–water partition coefficient (Wildman–Crippen LogP) is 1.80. The maximum absolute atomic E-state index is 10.6. The monoisotopic (exact) mass is 210 g/mol. The first-order valence-corrected chi connectivity index (χ1v) is 4.35. The van der Waals surface area contributed by atoms with E-state index in [1.165, 1.54) is 11.4 Å². The lowest BCUT2D eigenvalue weighted by Gasteiger charge is -1.97. The molecule has 15 heavy (non-hydrogen) atoms. The maximum atomic E-state index is 10.6. The molecule has 0 aliphatic heterocycles. The second-order valence-corrected chi connectivity index (χ2v) is 3.13. The molecule has 1 fully saturated rings. The first-order valence-electron chi connectivity index (χ1n) is 4.35. The summed E-state index contributed by atoms with van der Waals surface area (Å²) in [6.07, 6.45) is 3.86. The highest BCUT2D eigenvalue weighted by molar-refractivity contribution is 5.87. The zero-order chi connectivity index (χ0) is 11.3. The van der Waals surface area contributed by atoms with Crippen molar-refractivity contribution in [1.29, 1.82) is 0 Å². The number of aromatic nitrogens is 1. The van der Waals surface area contributed by atoms with Crippen molar-refractivity contribution in [3.63, 3.8) is 0 Å². The number of rotatable bonds is 2. The average Bonchev–Trinajstić information content (AvgIpc) is 3.02. The molecule has 6 nitrogen and oxygen atoms in total. The standard InChI is InChI=1S/C9H9NO2.HNO2/c11-9(12)7-3-4-10-8(5-7)6-1-2-6;2-1-3/h3-6H,1-2H2,(H,11,12);(H,2,3). The van der Waals surface area contributed by atoms with Crippen molar-refractivity contribution in [2.24, 2.45) is 5.34 Å². The number of aromatic carboxylic acids is 1. The first-order chi connectivity index (χ1) is 7.19. The quantitative estimate of drug-likeness (QED) is 0.572. The van der Waals surface area contributed by atoms with Crippen molar-refractivity contribution in [2.75, 3.05) is 0 Å². The molecule has 1 saturated carbocycles. The van der Waals surface area contributed by atoms with E-state index in [0.717, 1.165) is 18.5 Å². The van der Waals surface area contributed by atoms with Gasteiger partial charge in [0.2, 0.25) is 0 Å². The van der Waals surface area contributed by atoms with Crippen molar-refractivity contribution in [2.45, 2.75) is 18.8 Å². The summed E-state index contributed by atoms with van der Waals surface area (Å²) in [4.78, 5) is 22.8. The number of nitrogens with zero attached hydrogens (tertiary/aromatic N) is 2. The summed E-state index contributed by atoms with van der Waals surface area (Å²) in [6.45, 7) is 0. The topological polar surface area (TPSA) is 99.8 Å². The minimum Gasteiger partial charge on any atom is -0.478 e. The Bertz CT molecular complexity index is 363. The SMILES string of the molecule is O=C(O)c1ccnc(C2CC2)c1.O=NO.